The van der Waals surface area contributed by atoms with Gasteiger partial charge in [0.2, 0.25) is 0 Å². The molecule has 94 valence electrons. The summed E-state index contributed by atoms with van der Waals surface area (Å²) in [6.45, 7) is 6.35. The van der Waals surface area contributed by atoms with Gasteiger partial charge in [-0.15, -0.1) is 0 Å². The van der Waals surface area contributed by atoms with Crippen molar-refractivity contribution in [1.29, 1.82) is 0 Å². The lowest BCUT2D eigenvalue weighted by Gasteiger charge is -2.16. The third-order valence-electron chi connectivity index (χ3n) is 3.26. The van der Waals surface area contributed by atoms with Crippen molar-refractivity contribution in [3.05, 3.63) is 23.8 Å². The van der Waals surface area contributed by atoms with Crippen LogP contribution in [0.1, 0.15) is 31.7 Å². The van der Waals surface area contributed by atoms with Crippen LogP contribution in [0.5, 0.6) is 5.75 Å². The Labute approximate surface area is 104 Å². The molecule has 1 heterocycles. The number of benzene rings is 1. The van der Waals surface area contributed by atoms with Crippen LogP contribution < -0.4 is 10.5 Å². The lowest BCUT2D eigenvalue weighted by atomic mass is 9.98. The van der Waals surface area contributed by atoms with Crippen LogP contribution in [-0.2, 0) is 0 Å². The standard InChI is InChI=1S/C14H22N2O/c1-10(2)17-14-8-11(4-5-13(14)15)12-6-7-16(3)9-12/h4-5,8,10,12H,6-7,9,15H2,1-3H3. The van der Waals surface area contributed by atoms with Crippen LogP contribution in [0.3, 0.4) is 0 Å². The first-order valence-electron chi connectivity index (χ1n) is 6.31. The quantitative estimate of drug-likeness (QED) is 0.817. The molecule has 1 aliphatic rings. The maximum absolute atomic E-state index is 5.93. The summed E-state index contributed by atoms with van der Waals surface area (Å²) in [6.07, 6.45) is 1.39. The maximum Gasteiger partial charge on any atom is 0.142 e. The van der Waals surface area contributed by atoms with Crippen molar-refractivity contribution in [2.75, 3.05) is 25.9 Å². The van der Waals surface area contributed by atoms with E-state index in [9.17, 15) is 0 Å². The van der Waals surface area contributed by atoms with Gasteiger partial charge in [0.1, 0.15) is 5.75 Å². The molecule has 1 aliphatic heterocycles. The predicted octanol–water partition coefficient (Wildman–Crippen LogP) is 2.48. The number of nitrogens with two attached hydrogens (primary N) is 1. The van der Waals surface area contributed by atoms with Gasteiger partial charge in [-0.05, 0) is 57.5 Å². The van der Waals surface area contributed by atoms with E-state index in [1.54, 1.807) is 0 Å². The van der Waals surface area contributed by atoms with Crippen molar-refractivity contribution in [3.8, 4) is 5.75 Å². The number of nitrogen functional groups attached to an aromatic ring is 1. The zero-order valence-electron chi connectivity index (χ0n) is 10.9. The third-order valence-corrected chi connectivity index (χ3v) is 3.26. The molecule has 0 spiro atoms. The monoisotopic (exact) mass is 234 g/mol. The average molecular weight is 234 g/mol. The lowest BCUT2D eigenvalue weighted by molar-refractivity contribution is 0.243. The lowest BCUT2D eigenvalue weighted by Crippen LogP contribution is -2.13. The number of ether oxygens (including phenoxy) is 1. The van der Waals surface area contributed by atoms with Crippen molar-refractivity contribution in [3.63, 3.8) is 0 Å². The molecule has 0 bridgehead atoms. The van der Waals surface area contributed by atoms with Gasteiger partial charge in [-0.3, -0.25) is 0 Å². The summed E-state index contributed by atoms with van der Waals surface area (Å²) in [6, 6.07) is 6.21. The van der Waals surface area contributed by atoms with E-state index < -0.39 is 0 Å². The molecule has 0 aromatic heterocycles. The number of hydrogen-bond donors (Lipinski definition) is 1. The van der Waals surface area contributed by atoms with Gasteiger partial charge in [0.15, 0.2) is 0 Å². The van der Waals surface area contributed by atoms with Crippen molar-refractivity contribution in [2.45, 2.75) is 32.3 Å². The number of nitrogens with zero attached hydrogens (tertiary/aromatic N) is 1. The maximum atomic E-state index is 5.93. The van der Waals surface area contributed by atoms with Crippen molar-refractivity contribution >= 4 is 5.69 Å². The number of hydrogen-bond acceptors (Lipinski definition) is 3. The fourth-order valence-corrected chi connectivity index (χ4v) is 2.37. The molecule has 0 amide bonds. The normalized spacial score (nSPS) is 21.1. The Balaban J connectivity index is 2.18. The van der Waals surface area contributed by atoms with Crippen molar-refractivity contribution in [2.24, 2.45) is 0 Å². The SMILES string of the molecule is CC(C)Oc1cc(C2CCN(C)C2)ccc1N. The summed E-state index contributed by atoms with van der Waals surface area (Å²) in [4.78, 5) is 2.37. The van der Waals surface area contributed by atoms with Crippen LogP contribution in [0.25, 0.3) is 0 Å². The predicted molar refractivity (Wildman–Crippen MR) is 71.5 cm³/mol. The van der Waals surface area contributed by atoms with E-state index in [1.807, 2.05) is 19.9 Å². The average Bonchev–Trinajstić information content (AvgIpc) is 2.67. The van der Waals surface area contributed by atoms with E-state index in [-0.39, 0.29) is 6.10 Å². The van der Waals surface area contributed by atoms with E-state index >= 15 is 0 Å². The van der Waals surface area contributed by atoms with Crippen LogP contribution in [0.15, 0.2) is 18.2 Å². The van der Waals surface area contributed by atoms with Gasteiger partial charge in [0.25, 0.3) is 0 Å². The highest BCUT2D eigenvalue weighted by Gasteiger charge is 2.21. The summed E-state index contributed by atoms with van der Waals surface area (Å²) >= 11 is 0. The van der Waals surface area contributed by atoms with Gasteiger partial charge in [0.05, 0.1) is 11.8 Å². The second-order valence-electron chi connectivity index (χ2n) is 5.21. The molecule has 1 aromatic carbocycles. The molecule has 1 atom stereocenters. The first-order chi connectivity index (χ1) is 8.06. The van der Waals surface area contributed by atoms with Gasteiger partial charge >= 0.3 is 0 Å². The molecule has 1 saturated heterocycles. The first-order valence-corrected chi connectivity index (χ1v) is 6.31. The molecule has 0 saturated carbocycles. The molecule has 1 fully saturated rings. The minimum Gasteiger partial charge on any atom is -0.489 e. The molecule has 2 N–H and O–H groups in total. The van der Waals surface area contributed by atoms with Crippen LogP contribution in [-0.4, -0.2) is 31.1 Å². The fraction of sp³-hybridized carbons (Fsp3) is 0.571. The van der Waals surface area contributed by atoms with E-state index in [4.69, 9.17) is 10.5 Å². The van der Waals surface area contributed by atoms with Crippen LogP contribution >= 0.6 is 0 Å². The second kappa shape index (κ2) is 4.96. The summed E-state index contributed by atoms with van der Waals surface area (Å²) in [5.74, 6) is 1.45. The molecule has 17 heavy (non-hydrogen) atoms. The van der Waals surface area contributed by atoms with Crippen molar-refractivity contribution < 1.29 is 4.74 Å². The molecule has 3 nitrogen and oxygen atoms in total. The van der Waals surface area contributed by atoms with Gasteiger partial charge in [-0.2, -0.15) is 0 Å². The Morgan fingerprint density at radius 2 is 2.18 bits per heavy atom. The molecule has 1 aromatic rings. The van der Waals surface area contributed by atoms with Crippen LogP contribution in [0, 0.1) is 0 Å². The molecule has 2 rings (SSSR count). The largest absolute Gasteiger partial charge is 0.489 e. The smallest absolute Gasteiger partial charge is 0.142 e. The minimum atomic E-state index is 0.166. The van der Waals surface area contributed by atoms with Gasteiger partial charge in [-0.1, -0.05) is 6.07 Å². The third kappa shape index (κ3) is 2.91. The number of likely N-dealkylation sites (tertiary alicyclic amines) is 1. The van der Waals surface area contributed by atoms with Crippen molar-refractivity contribution in [1.82, 2.24) is 4.90 Å². The first kappa shape index (κ1) is 12.2. The second-order valence-corrected chi connectivity index (χ2v) is 5.21. The van der Waals surface area contributed by atoms with Gasteiger partial charge in [0, 0.05) is 6.54 Å². The molecule has 0 aliphatic carbocycles. The Morgan fingerprint density at radius 1 is 1.41 bits per heavy atom. The number of likely N-dealkylation sites (N-methyl/N-ethyl adjacent to an activating group) is 1. The van der Waals surface area contributed by atoms with Crippen LogP contribution in [0.4, 0.5) is 5.69 Å². The summed E-state index contributed by atoms with van der Waals surface area (Å²) in [5, 5.41) is 0. The Hall–Kier alpha value is -1.22. The summed E-state index contributed by atoms with van der Waals surface area (Å²) in [5.41, 5.74) is 8.01. The molecule has 1 unspecified atom stereocenters. The van der Waals surface area contributed by atoms with E-state index in [0.717, 1.165) is 18.0 Å². The molecular weight excluding hydrogens is 212 g/mol. The topological polar surface area (TPSA) is 38.5 Å². The highest BCUT2D eigenvalue weighted by molar-refractivity contribution is 5.54. The molecule has 0 radical (unpaired) electrons. The molecule has 3 heteroatoms. The Morgan fingerprint density at radius 3 is 2.76 bits per heavy atom. The number of anilines is 1. The summed E-state index contributed by atoms with van der Waals surface area (Å²) in [7, 11) is 2.17. The zero-order chi connectivity index (χ0) is 12.4. The molecular formula is C14H22N2O. The van der Waals surface area contributed by atoms with Crippen LogP contribution in [0.2, 0.25) is 0 Å². The van der Waals surface area contributed by atoms with E-state index in [2.05, 4.69) is 24.1 Å². The zero-order valence-corrected chi connectivity index (χ0v) is 10.9. The highest BCUT2D eigenvalue weighted by atomic mass is 16.5. The summed E-state index contributed by atoms with van der Waals surface area (Å²) < 4.78 is 5.73. The Bertz CT molecular complexity index is 390. The van der Waals surface area contributed by atoms with E-state index in [0.29, 0.717) is 5.92 Å². The number of rotatable bonds is 3. The Kier molecular flexibility index (Phi) is 3.57. The minimum absolute atomic E-state index is 0.166. The van der Waals surface area contributed by atoms with Gasteiger partial charge < -0.3 is 15.4 Å². The highest BCUT2D eigenvalue weighted by Crippen LogP contribution is 2.32. The van der Waals surface area contributed by atoms with E-state index in [1.165, 1.54) is 18.5 Å². The van der Waals surface area contributed by atoms with Gasteiger partial charge in [-0.25, -0.2) is 0 Å². The fourth-order valence-electron chi connectivity index (χ4n) is 2.37.